The molecule has 3 rings (SSSR count). The van der Waals surface area contributed by atoms with Gasteiger partial charge in [0.25, 0.3) is 0 Å². The third-order valence-electron chi connectivity index (χ3n) is 17.5. The van der Waals surface area contributed by atoms with Gasteiger partial charge in [0, 0.05) is 35.1 Å². The number of hydrogen-bond acceptors (Lipinski definition) is 18. The number of rotatable bonds is 27. The molecule has 0 aromatic rings. The number of nitrogens with one attached hydrogen (secondary N) is 2. The zero-order chi connectivity index (χ0) is 75.6. The summed E-state index contributed by atoms with van der Waals surface area (Å²) in [5.74, 6) is -14.7. The Morgan fingerprint density at radius 1 is 0.418 bits per heavy atom. The van der Waals surface area contributed by atoms with Crippen LogP contribution in [0.5, 0.6) is 0 Å². The van der Waals surface area contributed by atoms with Crippen molar-refractivity contribution >= 4 is 83.4 Å². The molecule has 3 saturated carbocycles. The number of hydrogen-bond donors (Lipinski definition) is 10. The topological polar surface area (TPSA) is 462 Å². The van der Waals surface area contributed by atoms with Gasteiger partial charge in [0.05, 0.1) is 79.5 Å². The maximum absolute atomic E-state index is 12.1. The lowest BCUT2D eigenvalue weighted by atomic mass is 9.76. The first-order valence-electron chi connectivity index (χ1n) is 33.1. The fourth-order valence-corrected chi connectivity index (χ4v) is 8.58. The van der Waals surface area contributed by atoms with Crippen molar-refractivity contribution in [1.29, 1.82) is 0 Å². The number of methoxy groups -OCH3 is 1. The molecule has 0 radical (unpaired) electrons. The van der Waals surface area contributed by atoms with E-state index < -0.39 is 124 Å². The molecule has 110 heavy (non-hydrogen) atoms. The molecule has 13 atom stereocenters. The predicted octanol–water partition coefficient (Wildman–Crippen LogP) is 18.8. The Morgan fingerprint density at radius 2 is 0.764 bits per heavy atom. The van der Waals surface area contributed by atoms with E-state index in [2.05, 4.69) is 15.4 Å². The molecule has 0 bridgehead atoms. The summed E-state index contributed by atoms with van der Waals surface area (Å²) in [6, 6.07) is -0.413. The van der Waals surface area contributed by atoms with E-state index in [9.17, 15) is 72.2 Å². The highest BCUT2D eigenvalue weighted by molar-refractivity contribution is 5.91. The van der Waals surface area contributed by atoms with E-state index in [0.29, 0.717) is 12.8 Å². The van der Waals surface area contributed by atoms with E-state index >= 15 is 0 Å². The Kier molecular flexibility index (Phi) is 105. The average Bonchev–Trinajstić information content (AvgIpc) is 0.832. The minimum absolute atomic E-state index is 0. The summed E-state index contributed by atoms with van der Waals surface area (Å²) in [6.07, 6.45) is 15.5. The lowest BCUT2D eigenvalue weighted by molar-refractivity contribution is -0.161. The molecule has 3 aliphatic rings. The van der Waals surface area contributed by atoms with Crippen molar-refractivity contribution in [3.63, 3.8) is 0 Å². The van der Waals surface area contributed by atoms with E-state index in [4.69, 9.17) is 50.0 Å². The largest absolute Gasteiger partial charge is 0.481 e. The van der Waals surface area contributed by atoms with Gasteiger partial charge < -0.3 is 70.4 Å². The summed E-state index contributed by atoms with van der Waals surface area (Å²) in [4.78, 5) is 152. The maximum Gasteiger partial charge on any atom is 0.331 e. The van der Waals surface area contributed by atoms with Gasteiger partial charge in [-0.1, -0.05) is 234 Å². The van der Waals surface area contributed by atoms with Crippen molar-refractivity contribution in [3.8, 4) is 0 Å². The summed E-state index contributed by atoms with van der Waals surface area (Å²) < 4.78 is 19.3. The minimum atomic E-state index is -1.16. The molecule has 3 fully saturated rings. The number of amides is 2. The van der Waals surface area contributed by atoms with Gasteiger partial charge in [0.15, 0.2) is 0 Å². The van der Waals surface area contributed by atoms with Gasteiger partial charge >= 0.3 is 71.6 Å². The number of carboxylic acid groups (broad SMARTS) is 8. The van der Waals surface area contributed by atoms with E-state index in [1.807, 2.05) is 62.3 Å². The quantitative estimate of drug-likeness (QED) is 0.0207. The van der Waals surface area contributed by atoms with Crippen molar-refractivity contribution in [2.24, 2.45) is 64.1 Å². The molecule has 0 aromatic carbocycles. The van der Waals surface area contributed by atoms with E-state index in [1.54, 1.807) is 20.8 Å². The van der Waals surface area contributed by atoms with Crippen LogP contribution in [0.25, 0.3) is 0 Å². The Hall–Kier alpha value is -7.68. The number of esters is 4. The van der Waals surface area contributed by atoms with Crippen molar-refractivity contribution in [1.82, 2.24) is 10.6 Å². The van der Waals surface area contributed by atoms with Crippen LogP contribution >= 0.6 is 0 Å². The standard InChI is InChI=1S/C14H25NO3.C13H23NO3.C12H20O4.C8H14O4.C8H12O4.C7H12O4.C6H10O4.14CH4/c1-5-14(3,4)13(18)15-10-8-6-7-9(2)11(10)12(16)17;1-4-13(2,3)12(17)14-10-8-6-5-7-9(10)11(15)16;1-8(11(13)14)9(2)12(15)16-10-6-4-3-5-7-10;2*1-3-6(2)12-8(11)5-4-7(9)10;1-4(6(8)9)5(2)7(10)11-3;1-3(5(7)8)4(2)6(9)10;;;;;;;;;;;;;;/h9-11H,5-8H2,1-4H3,(H,15,18)(H,16,17);9-10H,4-8H2,1-3H3,(H,14,17)(H,15,16);8-10H,3-7H2,1-2H3,(H,13,14);6H,3-5H2,1-2H3,(H,9,10);4-6H,3H2,1-2H3,(H,9,10);4-5H,1-3H3,(H,8,9);3-4H,1-2H3,(H,7,8)(H,9,10);14*1H4/b;;;;5-4+;;;;;;;;;;;;;;;;. The Labute approximate surface area is 669 Å². The second-order valence-electron chi connectivity index (χ2n) is 25.9. The van der Waals surface area contributed by atoms with Crippen molar-refractivity contribution in [2.45, 2.75) is 368 Å². The van der Waals surface area contributed by atoms with Gasteiger partial charge in [0.1, 0.15) is 6.10 Å². The van der Waals surface area contributed by atoms with Crippen LogP contribution in [-0.2, 0) is 86.1 Å². The average molecular weight is 1600 g/mol. The van der Waals surface area contributed by atoms with Gasteiger partial charge in [-0.2, -0.15) is 0 Å². The zero-order valence-electron chi connectivity index (χ0n) is 59.9. The molecule has 28 nitrogen and oxygen atoms in total. The van der Waals surface area contributed by atoms with Crippen LogP contribution in [0.15, 0.2) is 12.2 Å². The third kappa shape index (κ3) is 65.1. The second-order valence-corrected chi connectivity index (χ2v) is 25.9. The van der Waals surface area contributed by atoms with Gasteiger partial charge in [0.2, 0.25) is 11.8 Å². The molecular formula is C82H172N2O26. The van der Waals surface area contributed by atoms with E-state index in [1.165, 1.54) is 48.1 Å². The van der Waals surface area contributed by atoms with Crippen molar-refractivity contribution < 1.29 is 127 Å². The van der Waals surface area contributed by atoms with E-state index in [0.717, 1.165) is 95.6 Å². The number of ether oxygens (including phenoxy) is 4. The van der Waals surface area contributed by atoms with Gasteiger partial charge in [-0.05, 0) is 96.8 Å². The summed E-state index contributed by atoms with van der Waals surface area (Å²) in [7, 11) is 1.24. The first kappa shape index (κ1) is 148. The molecule has 0 aromatic heterocycles. The van der Waals surface area contributed by atoms with Crippen LogP contribution in [0.2, 0.25) is 0 Å². The predicted molar refractivity (Wildman–Crippen MR) is 446 cm³/mol. The second kappa shape index (κ2) is 78.0. The monoisotopic (exact) mass is 1600 g/mol. The molecule has 10 N–H and O–H groups in total. The van der Waals surface area contributed by atoms with Crippen LogP contribution in [0.1, 0.15) is 337 Å². The third-order valence-corrected chi connectivity index (χ3v) is 17.5. The Bertz CT molecular complexity index is 2470. The van der Waals surface area contributed by atoms with Crippen LogP contribution in [-0.4, -0.2) is 162 Å². The van der Waals surface area contributed by atoms with Gasteiger partial charge in [-0.25, -0.2) is 9.59 Å². The molecule has 0 aliphatic heterocycles. The number of carboxylic acids is 8. The number of carbonyl (C=O) groups excluding carboxylic acids is 6. The minimum Gasteiger partial charge on any atom is -0.481 e. The van der Waals surface area contributed by atoms with Crippen LogP contribution < -0.4 is 10.6 Å². The molecule has 28 heteroatoms. The first-order valence-corrected chi connectivity index (χ1v) is 33.1. The summed E-state index contributed by atoms with van der Waals surface area (Å²) in [6.45, 7) is 29.7. The normalized spacial score (nSPS) is 17.4. The Balaban J connectivity index is -0.0000000554. The fourth-order valence-electron chi connectivity index (χ4n) is 8.58. The molecule has 0 saturated heterocycles. The summed E-state index contributed by atoms with van der Waals surface area (Å²) in [5.41, 5.74) is -0.843. The number of carbonyl (C=O) groups is 14. The molecular weight excluding hydrogens is 1430 g/mol. The lowest BCUT2D eigenvalue weighted by Crippen LogP contribution is -2.51. The summed E-state index contributed by atoms with van der Waals surface area (Å²) in [5, 5.41) is 74.7. The number of aliphatic carboxylic acids is 8. The smallest absolute Gasteiger partial charge is 0.331 e. The Morgan fingerprint density at radius 3 is 1.10 bits per heavy atom. The maximum atomic E-state index is 12.1. The SMILES string of the molecule is C.C.C.C.C.C.C.C.C.C.C.C.C.C.CC(C(=O)O)C(C)C(=O)O.CC(C(=O)O)C(C)C(=O)OC1CCCCC1.CCC(C)(C)C(=O)NC1CCCC(C)C1C(=O)O.CCC(C)(C)C(=O)NC1CCCCC1C(=O)O.CCC(C)OC(=O)/C=C/C(=O)O.CCC(C)OC(=O)CCC(=O)O.COC(=O)C(C)C(C)C(=O)O. The van der Waals surface area contributed by atoms with Crippen LogP contribution in [0.3, 0.4) is 0 Å². The fraction of sp³-hybridized carbons (Fsp3) is 0.805. The first-order chi connectivity index (χ1) is 44.3. The molecule has 0 heterocycles. The molecule has 13 unspecified atom stereocenters. The highest BCUT2D eigenvalue weighted by atomic mass is 16.6. The van der Waals surface area contributed by atoms with Crippen molar-refractivity contribution in [2.75, 3.05) is 7.11 Å². The molecule has 3 aliphatic carbocycles. The molecule has 666 valence electrons. The zero-order valence-corrected chi connectivity index (χ0v) is 59.9. The molecule has 2 amide bonds. The summed E-state index contributed by atoms with van der Waals surface area (Å²) >= 11 is 0. The lowest BCUT2D eigenvalue weighted by Gasteiger charge is -2.36. The van der Waals surface area contributed by atoms with Crippen molar-refractivity contribution in [3.05, 3.63) is 12.2 Å². The van der Waals surface area contributed by atoms with Gasteiger partial charge in [-0.15, -0.1) is 0 Å². The van der Waals surface area contributed by atoms with Crippen LogP contribution in [0, 0.1) is 64.1 Å². The highest BCUT2D eigenvalue weighted by Gasteiger charge is 2.40. The van der Waals surface area contributed by atoms with E-state index in [-0.39, 0.29) is 171 Å². The molecule has 0 spiro atoms. The van der Waals surface area contributed by atoms with Crippen LogP contribution in [0.4, 0.5) is 0 Å². The van der Waals surface area contributed by atoms with Gasteiger partial charge in [-0.3, -0.25) is 57.5 Å². The highest BCUT2D eigenvalue weighted by Crippen LogP contribution is 2.32.